The maximum absolute atomic E-state index is 10.3. The average Bonchev–Trinajstić information content (AvgIpc) is 2.11. The molecule has 0 atom stereocenters. The lowest BCUT2D eigenvalue weighted by molar-refractivity contribution is -0.328. The van der Waals surface area contributed by atoms with Gasteiger partial charge in [0.15, 0.2) is 0 Å². The van der Waals surface area contributed by atoms with E-state index >= 15 is 0 Å². The highest BCUT2D eigenvalue weighted by Gasteiger charge is 2.46. The van der Waals surface area contributed by atoms with Crippen molar-refractivity contribution < 1.29 is 58.6 Å². The summed E-state index contributed by atoms with van der Waals surface area (Å²) in [4.78, 5) is 40.8. The lowest BCUT2D eigenvalue weighted by atomic mass is 10.6. The van der Waals surface area contributed by atoms with Gasteiger partial charge < -0.3 is 39.4 Å². The van der Waals surface area contributed by atoms with Crippen molar-refractivity contribution in [2.75, 3.05) is 6.61 Å². The predicted molar refractivity (Wildman–Crippen MR) is 44.0 cm³/mol. The van der Waals surface area contributed by atoms with Crippen molar-refractivity contribution in [1.29, 1.82) is 0 Å². The molecule has 0 heterocycles. The van der Waals surface area contributed by atoms with Gasteiger partial charge in [-0.2, -0.15) is 0 Å². The van der Waals surface area contributed by atoms with Gasteiger partial charge in [0.2, 0.25) is 6.61 Å². The van der Waals surface area contributed by atoms with Gasteiger partial charge >= 0.3 is 30.6 Å². The first-order valence-corrected chi connectivity index (χ1v) is 3.78. The van der Waals surface area contributed by atoms with Crippen LogP contribution in [0.4, 0.5) is 19.2 Å². The van der Waals surface area contributed by atoms with E-state index in [0.29, 0.717) is 0 Å². The van der Waals surface area contributed by atoms with Crippen molar-refractivity contribution in [2.24, 2.45) is 0 Å². The quantitative estimate of drug-likeness (QED) is 0.398. The average molecular weight is 270 g/mol. The Bertz CT molecular complexity index is 317. The van der Waals surface area contributed by atoms with Crippen molar-refractivity contribution >= 4 is 24.6 Å². The molecule has 0 aromatic heterocycles. The fourth-order valence-corrected chi connectivity index (χ4v) is 0.700. The molecule has 0 aliphatic heterocycles. The third-order valence-corrected chi connectivity index (χ3v) is 1.10. The van der Waals surface area contributed by atoms with Crippen LogP contribution < -0.4 is 0 Å². The van der Waals surface area contributed by atoms with Gasteiger partial charge in [0.25, 0.3) is 0 Å². The Morgan fingerprint density at radius 1 is 0.722 bits per heavy atom. The molecule has 0 aromatic carbocycles. The van der Waals surface area contributed by atoms with Crippen LogP contribution in [-0.2, 0) is 18.9 Å². The monoisotopic (exact) mass is 270 g/mol. The Kier molecular flexibility index (Phi) is 5.01. The molecule has 0 unspecified atom stereocenters. The maximum Gasteiger partial charge on any atom is 0.511 e. The van der Waals surface area contributed by atoms with Crippen LogP contribution in [0.15, 0.2) is 0 Å². The predicted octanol–water partition coefficient (Wildman–Crippen LogP) is 0.419. The summed E-state index contributed by atoms with van der Waals surface area (Å²) in [5, 5.41) is 33.0. The van der Waals surface area contributed by atoms with Crippen molar-refractivity contribution in [3.05, 3.63) is 0 Å². The molecule has 102 valence electrons. The number of carboxylic acid groups (broad SMARTS) is 4. The second-order valence-corrected chi connectivity index (χ2v) is 2.34. The highest BCUT2D eigenvalue weighted by molar-refractivity contribution is 5.62. The summed E-state index contributed by atoms with van der Waals surface area (Å²) < 4.78 is 15.0. The summed E-state index contributed by atoms with van der Waals surface area (Å²) in [6.07, 6.45) is -8.54. The molecular formula is C6H6O12. The van der Waals surface area contributed by atoms with Crippen molar-refractivity contribution in [3.63, 3.8) is 0 Å². The zero-order chi connectivity index (χ0) is 14.3. The Hall–Kier alpha value is -2.92. The fraction of sp³-hybridized carbons (Fsp3) is 0.333. The van der Waals surface area contributed by atoms with E-state index in [9.17, 15) is 19.2 Å². The summed E-state index contributed by atoms with van der Waals surface area (Å²) in [7, 11) is 0. The number of ether oxygens (including phenoxy) is 4. The summed E-state index contributed by atoms with van der Waals surface area (Å²) in [5.74, 6) is -3.30. The van der Waals surface area contributed by atoms with E-state index in [0.717, 1.165) is 0 Å². The van der Waals surface area contributed by atoms with Crippen LogP contribution in [0, 0.1) is 0 Å². The Labute approximate surface area is 96.8 Å². The molecule has 0 fully saturated rings. The van der Waals surface area contributed by atoms with Crippen LogP contribution in [0.25, 0.3) is 0 Å². The molecule has 0 aliphatic carbocycles. The van der Waals surface area contributed by atoms with Gasteiger partial charge in [-0.3, -0.25) is 0 Å². The largest absolute Gasteiger partial charge is 0.511 e. The molecule has 12 nitrogen and oxygen atoms in total. The van der Waals surface area contributed by atoms with E-state index in [-0.39, 0.29) is 0 Å². The van der Waals surface area contributed by atoms with E-state index in [1.165, 1.54) is 0 Å². The number of carbonyl (C=O) groups is 4. The van der Waals surface area contributed by atoms with Crippen LogP contribution in [0.1, 0.15) is 0 Å². The van der Waals surface area contributed by atoms with E-state index in [2.05, 4.69) is 18.9 Å². The van der Waals surface area contributed by atoms with Crippen LogP contribution in [-0.4, -0.2) is 57.6 Å². The van der Waals surface area contributed by atoms with E-state index in [1.807, 2.05) is 0 Å². The van der Waals surface area contributed by atoms with Gasteiger partial charge in [0, 0.05) is 0 Å². The first-order valence-electron chi connectivity index (χ1n) is 3.78. The molecule has 0 bridgehead atoms. The molecule has 4 N–H and O–H groups in total. The van der Waals surface area contributed by atoms with Crippen LogP contribution >= 0.6 is 0 Å². The molecule has 0 radical (unpaired) electrons. The third-order valence-electron chi connectivity index (χ3n) is 1.10. The van der Waals surface area contributed by atoms with Gasteiger partial charge in [-0.05, 0) is 0 Å². The first kappa shape index (κ1) is 15.1. The SMILES string of the molecule is O=C(O)OCC(OC(=O)O)(OC(=O)O)OC(=O)O. The zero-order valence-electron chi connectivity index (χ0n) is 8.26. The van der Waals surface area contributed by atoms with E-state index < -0.39 is 37.2 Å². The lowest BCUT2D eigenvalue weighted by Crippen LogP contribution is -2.48. The van der Waals surface area contributed by atoms with Gasteiger partial charge in [-0.25, -0.2) is 19.2 Å². The van der Waals surface area contributed by atoms with Crippen LogP contribution in [0.3, 0.4) is 0 Å². The van der Waals surface area contributed by atoms with E-state index in [1.54, 1.807) is 0 Å². The number of hydrogen-bond donors (Lipinski definition) is 4. The Balaban J connectivity index is 5.08. The molecule has 0 spiro atoms. The Morgan fingerprint density at radius 2 is 1.06 bits per heavy atom. The highest BCUT2D eigenvalue weighted by atomic mass is 17.0. The van der Waals surface area contributed by atoms with Crippen molar-refractivity contribution in [2.45, 2.75) is 5.97 Å². The highest BCUT2D eigenvalue weighted by Crippen LogP contribution is 2.18. The van der Waals surface area contributed by atoms with E-state index in [4.69, 9.17) is 20.4 Å². The molecule has 0 amide bonds. The van der Waals surface area contributed by atoms with Crippen LogP contribution in [0.5, 0.6) is 0 Å². The minimum Gasteiger partial charge on any atom is -0.450 e. The first-order chi connectivity index (χ1) is 8.17. The topological polar surface area (TPSA) is 186 Å². The van der Waals surface area contributed by atoms with Gasteiger partial charge in [-0.1, -0.05) is 0 Å². The summed E-state index contributed by atoms with van der Waals surface area (Å²) in [5.41, 5.74) is 0. The second-order valence-electron chi connectivity index (χ2n) is 2.34. The summed E-state index contributed by atoms with van der Waals surface area (Å²) in [6, 6.07) is 0. The van der Waals surface area contributed by atoms with Crippen molar-refractivity contribution in [3.8, 4) is 0 Å². The minimum absolute atomic E-state index is 1.48. The van der Waals surface area contributed by atoms with Gasteiger partial charge in [0.1, 0.15) is 0 Å². The molecule has 0 rings (SSSR count). The molecular weight excluding hydrogens is 264 g/mol. The molecule has 0 aliphatic rings. The normalized spacial score (nSPS) is 10.0. The standard InChI is InChI=1S/C6H6O12/c7-2(8)15-1-6(16-3(9)10,17-4(11)12)18-5(13)14/h1H2,(H,7,8)(H,9,10)(H,11,12)(H,13,14). The smallest absolute Gasteiger partial charge is 0.450 e. The molecule has 0 saturated heterocycles. The van der Waals surface area contributed by atoms with Crippen LogP contribution in [0.2, 0.25) is 0 Å². The Morgan fingerprint density at radius 3 is 1.28 bits per heavy atom. The maximum atomic E-state index is 10.3. The zero-order valence-corrected chi connectivity index (χ0v) is 8.26. The minimum atomic E-state index is -3.30. The molecule has 12 heteroatoms. The second kappa shape index (κ2) is 5.97. The summed E-state index contributed by atoms with van der Waals surface area (Å²) >= 11 is 0. The molecule has 0 saturated carbocycles. The summed E-state index contributed by atoms with van der Waals surface area (Å²) in [6.45, 7) is -1.48. The van der Waals surface area contributed by atoms with Gasteiger partial charge in [-0.15, -0.1) is 0 Å². The number of rotatable bonds is 5. The van der Waals surface area contributed by atoms with Gasteiger partial charge in [0.05, 0.1) is 0 Å². The molecule has 18 heavy (non-hydrogen) atoms. The fourth-order valence-electron chi connectivity index (χ4n) is 0.700. The number of hydrogen-bond acceptors (Lipinski definition) is 8. The lowest BCUT2D eigenvalue weighted by Gasteiger charge is -2.26. The van der Waals surface area contributed by atoms with Crippen molar-refractivity contribution in [1.82, 2.24) is 0 Å². The third kappa shape index (κ3) is 5.84. The molecule has 0 aromatic rings.